The topological polar surface area (TPSA) is 43.5 Å². The number of rotatable bonds is 7. The zero-order valence-corrected chi connectivity index (χ0v) is 42.2. The van der Waals surface area contributed by atoms with Crippen LogP contribution in [0.25, 0.3) is 143 Å². The monoisotopic (exact) mass is 991 g/mol. The lowest BCUT2D eigenvalue weighted by Gasteiger charge is -2.29. The highest BCUT2D eigenvalue weighted by Crippen LogP contribution is 2.52. The first-order valence-corrected chi connectivity index (χ1v) is 26.6. The molecule has 0 saturated carbocycles. The third-order valence-corrected chi connectivity index (χ3v) is 16.2. The van der Waals surface area contributed by atoms with Crippen molar-refractivity contribution >= 4 is 87.2 Å². The maximum absolute atomic E-state index is 12.9. The molecule has 0 bridgehead atoms. The van der Waals surface area contributed by atoms with Crippen molar-refractivity contribution < 1.29 is 0 Å². The molecule has 0 aliphatic carbocycles. The van der Waals surface area contributed by atoms with Gasteiger partial charge in [0.1, 0.15) is 11.6 Å². The predicted molar refractivity (Wildman–Crippen MR) is 325 cm³/mol. The molecule has 0 unspecified atom stereocenters. The summed E-state index contributed by atoms with van der Waals surface area (Å²) in [5.41, 5.74) is 18.6. The van der Waals surface area contributed by atoms with Crippen molar-refractivity contribution in [2.75, 3.05) is 0 Å². The van der Waals surface area contributed by atoms with Crippen LogP contribution in [0.2, 0.25) is 0 Å². The second-order valence-electron chi connectivity index (χ2n) is 20.3. The van der Waals surface area contributed by atoms with Gasteiger partial charge in [-0.25, -0.2) is 0 Å². The summed E-state index contributed by atoms with van der Waals surface area (Å²) in [5.74, 6) is 0. The highest BCUT2D eigenvalue weighted by atomic mass is 15.1. The van der Waals surface area contributed by atoms with E-state index in [9.17, 15) is 5.26 Å². The fourth-order valence-electron chi connectivity index (χ4n) is 12.9. The van der Waals surface area contributed by atoms with Gasteiger partial charge in [-0.05, 0) is 88.5 Å². The van der Waals surface area contributed by atoms with Gasteiger partial charge in [-0.15, -0.1) is 0 Å². The molecular formula is C73H45N5. The van der Waals surface area contributed by atoms with Crippen molar-refractivity contribution in [3.05, 3.63) is 279 Å². The van der Waals surface area contributed by atoms with E-state index >= 15 is 0 Å². The van der Waals surface area contributed by atoms with Gasteiger partial charge in [0.15, 0.2) is 0 Å². The van der Waals surface area contributed by atoms with E-state index in [4.69, 9.17) is 0 Å². The Labute approximate surface area is 449 Å². The summed E-state index contributed by atoms with van der Waals surface area (Å²) < 4.78 is 9.73. The predicted octanol–water partition coefficient (Wildman–Crippen LogP) is 18.9. The number of hydrogen-bond donors (Lipinski definition) is 0. The summed E-state index contributed by atoms with van der Waals surface area (Å²) in [6.07, 6.45) is 0. The van der Waals surface area contributed by atoms with Crippen LogP contribution in [0.1, 0.15) is 5.56 Å². The minimum atomic E-state index is 0.538. The van der Waals surface area contributed by atoms with E-state index in [1.165, 1.54) is 0 Å². The lowest BCUT2D eigenvalue weighted by Crippen LogP contribution is -2.16. The number of fused-ring (bicyclic) bond motifs is 12. The summed E-state index contributed by atoms with van der Waals surface area (Å²) in [6, 6.07) is 101. The van der Waals surface area contributed by atoms with Crippen LogP contribution in [-0.2, 0) is 0 Å². The van der Waals surface area contributed by atoms with Crippen molar-refractivity contribution in [2.24, 2.45) is 0 Å². The molecule has 0 aliphatic heterocycles. The summed E-state index contributed by atoms with van der Waals surface area (Å²) in [5, 5.41) is 21.8. The third kappa shape index (κ3) is 6.29. The van der Waals surface area contributed by atoms with E-state index < -0.39 is 0 Å². The maximum Gasteiger partial charge on any atom is 0.104 e. The normalized spacial score (nSPS) is 11.8. The van der Waals surface area contributed by atoms with Gasteiger partial charge in [0, 0.05) is 48.7 Å². The average Bonchev–Trinajstić information content (AvgIpc) is 3.57. The van der Waals surface area contributed by atoms with Crippen LogP contribution in [0.5, 0.6) is 0 Å². The Kier molecular flexibility index (Phi) is 9.63. The van der Waals surface area contributed by atoms with Crippen molar-refractivity contribution in [3.8, 4) is 62.2 Å². The Bertz CT molecular complexity index is 4890. The van der Waals surface area contributed by atoms with E-state index in [1.54, 1.807) is 0 Å². The molecule has 5 heteroatoms. The molecular weight excluding hydrogens is 947 g/mol. The number of para-hydroxylation sites is 6. The van der Waals surface area contributed by atoms with Crippen LogP contribution in [-0.4, -0.2) is 18.3 Å². The highest BCUT2D eigenvalue weighted by Gasteiger charge is 2.35. The fourth-order valence-corrected chi connectivity index (χ4v) is 12.9. The van der Waals surface area contributed by atoms with E-state index in [0.717, 1.165) is 143 Å². The molecule has 16 aromatic rings. The number of nitrogens with zero attached hydrogens (tertiary/aromatic N) is 5. The number of nitriles is 1. The Balaban J connectivity index is 1.22. The summed E-state index contributed by atoms with van der Waals surface area (Å²) in [7, 11) is 0. The van der Waals surface area contributed by atoms with Crippen LogP contribution in [0, 0.1) is 11.3 Å². The van der Waals surface area contributed by atoms with Crippen molar-refractivity contribution in [3.63, 3.8) is 0 Å². The maximum atomic E-state index is 12.9. The molecule has 0 spiro atoms. The van der Waals surface area contributed by atoms with Gasteiger partial charge in [-0.1, -0.05) is 212 Å². The third-order valence-electron chi connectivity index (χ3n) is 16.2. The van der Waals surface area contributed by atoms with Gasteiger partial charge < -0.3 is 18.3 Å². The molecule has 0 radical (unpaired) electrons. The zero-order chi connectivity index (χ0) is 51.4. The Morgan fingerprint density at radius 1 is 0.218 bits per heavy atom. The first-order valence-electron chi connectivity index (χ1n) is 26.6. The van der Waals surface area contributed by atoms with Gasteiger partial charge in [0.2, 0.25) is 0 Å². The van der Waals surface area contributed by atoms with Gasteiger partial charge in [0.25, 0.3) is 0 Å². The minimum Gasteiger partial charge on any atom is -0.306 e. The summed E-state index contributed by atoms with van der Waals surface area (Å²) >= 11 is 0. The van der Waals surface area contributed by atoms with Crippen LogP contribution in [0.15, 0.2) is 273 Å². The molecule has 4 heterocycles. The zero-order valence-electron chi connectivity index (χ0n) is 42.2. The van der Waals surface area contributed by atoms with E-state index in [2.05, 4.69) is 297 Å². The minimum absolute atomic E-state index is 0.538. The fraction of sp³-hybridized carbons (Fsp3) is 0. The molecule has 12 aromatic carbocycles. The molecule has 0 amide bonds. The molecule has 16 rings (SSSR count). The first kappa shape index (κ1) is 43.7. The van der Waals surface area contributed by atoms with Crippen LogP contribution >= 0.6 is 0 Å². The van der Waals surface area contributed by atoms with E-state index in [0.29, 0.717) is 5.56 Å². The van der Waals surface area contributed by atoms with Gasteiger partial charge in [0.05, 0.1) is 66.9 Å². The van der Waals surface area contributed by atoms with Crippen molar-refractivity contribution in [2.45, 2.75) is 0 Å². The lowest BCUT2D eigenvalue weighted by molar-refractivity contribution is 1.04. The number of aromatic nitrogens is 4. The molecule has 5 nitrogen and oxygen atoms in total. The molecule has 78 heavy (non-hydrogen) atoms. The smallest absolute Gasteiger partial charge is 0.104 e. The van der Waals surface area contributed by atoms with Crippen LogP contribution in [0.3, 0.4) is 0 Å². The Morgan fingerprint density at radius 3 is 0.782 bits per heavy atom. The Morgan fingerprint density at radius 2 is 0.474 bits per heavy atom. The quantitative estimate of drug-likeness (QED) is 0.157. The largest absolute Gasteiger partial charge is 0.306 e. The van der Waals surface area contributed by atoms with Crippen molar-refractivity contribution in [1.82, 2.24) is 18.3 Å². The first-order chi connectivity index (χ1) is 38.7. The Hall–Kier alpha value is -10.7. The molecule has 0 fully saturated rings. The van der Waals surface area contributed by atoms with Crippen LogP contribution < -0.4 is 0 Å². The number of hydrogen-bond acceptors (Lipinski definition) is 1. The average molecular weight is 992 g/mol. The summed E-state index contributed by atoms with van der Waals surface area (Å²) in [4.78, 5) is 0. The lowest BCUT2D eigenvalue weighted by atomic mass is 9.93. The SMILES string of the molecule is N#Cc1c(-n2c3ccccc3c3ccccc32)c(-n2c3ccccc3c3ccccc32)c(-c2ccccc2)c(-n2c3ccc(-c4ccccc4)cc3c3cc(-c4ccccc4)ccc32)c1-n1c2ccccc2c2ccccc21. The standard InChI is InChI=1S/C73H45N5/c74-46-60-70(75-61-34-16-10-28-52(61)53-29-11-17-35-62(53)75)72(77-65-38-20-14-32-56(65)57-33-15-21-39-66(57)77)69(49-26-8-3-9-27-49)73(71(60)76-63-36-18-12-30-54(63)55-31-13-19-37-64(55)76)78-67-42-40-50(47-22-4-1-5-23-47)44-58(67)59-45-51(41-43-68(59)78)48-24-6-2-7-25-48/h1-45H. The molecule has 0 N–H and O–H groups in total. The summed E-state index contributed by atoms with van der Waals surface area (Å²) in [6.45, 7) is 0. The second kappa shape index (κ2) is 17.2. The molecule has 0 saturated heterocycles. The molecule has 0 aliphatic rings. The molecule has 4 aromatic heterocycles. The van der Waals surface area contributed by atoms with E-state index in [-0.39, 0.29) is 0 Å². The van der Waals surface area contributed by atoms with Gasteiger partial charge in [-0.2, -0.15) is 5.26 Å². The second-order valence-corrected chi connectivity index (χ2v) is 20.3. The number of benzene rings is 12. The van der Waals surface area contributed by atoms with Crippen molar-refractivity contribution in [1.29, 1.82) is 5.26 Å². The molecule has 362 valence electrons. The van der Waals surface area contributed by atoms with Gasteiger partial charge in [-0.3, -0.25) is 0 Å². The van der Waals surface area contributed by atoms with E-state index in [1.807, 2.05) is 0 Å². The van der Waals surface area contributed by atoms with Gasteiger partial charge >= 0.3 is 0 Å². The highest BCUT2D eigenvalue weighted by molar-refractivity contribution is 6.18. The van der Waals surface area contributed by atoms with Crippen LogP contribution in [0.4, 0.5) is 0 Å². The molecule has 0 atom stereocenters.